The van der Waals surface area contributed by atoms with Gasteiger partial charge in [0.1, 0.15) is 0 Å². The molecule has 0 N–H and O–H groups in total. The molecule has 0 aliphatic carbocycles. The molecule has 1 aromatic carbocycles. The van der Waals surface area contributed by atoms with Gasteiger partial charge in [-0.1, -0.05) is 30.9 Å². The molecule has 0 radical (unpaired) electrons. The first kappa shape index (κ1) is 13.0. The lowest BCUT2D eigenvalue weighted by Gasteiger charge is -2.09. The van der Waals surface area contributed by atoms with E-state index in [4.69, 9.17) is 4.74 Å². The Bertz CT molecular complexity index is 449. The lowest BCUT2D eigenvalue weighted by molar-refractivity contribution is -0.139. The molecule has 0 aliphatic heterocycles. The van der Waals surface area contributed by atoms with Crippen LogP contribution >= 0.6 is 0 Å². The predicted octanol–water partition coefficient (Wildman–Crippen LogP) is 1.83. The van der Waals surface area contributed by atoms with Crippen molar-refractivity contribution in [1.29, 1.82) is 0 Å². The van der Waals surface area contributed by atoms with E-state index in [2.05, 4.69) is 11.3 Å². The molecule has 0 amide bonds. The van der Waals surface area contributed by atoms with Crippen LogP contribution in [0.1, 0.15) is 21.5 Å². The number of esters is 2. The first-order chi connectivity index (χ1) is 8.13. The first-order valence-electron chi connectivity index (χ1n) is 5.03. The van der Waals surface area contributed by atoms with E-state index in [1.165, 1.54) is 14.2 Å². The normalized spacial score (nSPS) is 9.53. The average molecular weight is 234 g/mol. The van der Waals surface area contributed by atoms with Crippen molar-refractivity contribution in [2.75, 3.05) is 14.2 Å². The van der Waals surface area contributed by atoms with Gasteiger partial charge in [-0.25, -0.2) is 4.79 Å². The third-order valence-electron chi connectivity index (χ3n) is 2.35. The molecule has 17 heavy (non-hydrogen) atoms. The highest BCUT2D eigenvalue weighted by atomic mass is 16.5. The fraction of sp³-hybridized carbons (Fsp3) is 0.231. The molecule has 4 nitrogen and oxygen atoms in total. The van der Waals surface area contributed by atoms with Crippen molar-refractivity contribution in [2.45, 2.75) is 6.42 Å². The summed E-state index contributed by atoms with van der Waals surface area (Å²) < 4.78 is 9.27. The molecule has 1 rings (SSSR count). The van der Waals surface area contributed by atoms with Crippen LogP contribution in [0, 0.1) is 0 Å². The zero-order valence-corrected chi connectivity index (χ0v) is 9.86. The van der Waals surface area contributed by atoms with Crippen LogP contribution in [0.25, 0.3) is 6.08 Å². The quantitative estimate of drug-likeness (QED) is 0.746. The van der Waals surface area contributed by atoms with Gasteiger partial charge in [-0.05, 0) is 11.1 Å². The summed E-state index contributed by atoms with van der Waals surface area (Å²) in [5.41, 5.74) is 1.56. The molecule has 0 heterocycles. The van der Waals surface area contributed by atoms with Gasteiger partial charge in [0, 0.05) is 0 Å². The van der Waals surface area contributed by atoms with Crippen LogP contribution < -0.4 is 0 Å². The second-order valence-electron chi connectivity index (χ2n) is 3.33. The van der Waals surface area contributed by atoms with Crippen LogP contribution in [0.4, 0.5) is 0 Å². The number of carbonyl (C=O) groups excluding carboxylic acids is 2. The molecule has 0 saturated carbocycles. The summed E-state index contributed by atoms with van der Waals surface area (Å²) in [6.45, 7) is 3.62. The third kappa shape index (κ3) is 2.93. The minimum atomic E-state index is -0.487. The van der Waals surface area contributed by atoms with Crippen LogP contribution in [0.3, 0.4) is 0 Å². The van der Waals surface area contributed by atoms with E-state index in [0.29, 0.717) is 16.7 Å². The van der Waals surface area contributed by atoms with Crippen LogP contribution in [0.15, 0.2) is 24.8 Å². The molecule has 0 spiro atoms. The number of ether oxygens (including phenoxy) is 2. The van der Waals surface area contributed by atoms with Gasteiger partial charge >= 0.3 is 11.9 Å². The number of methoxy groups -OCH3 is 2. The van der Waals surface area contributed by atoms with Gasteiger partial charge < -0.3 is 9.47 Å². The van der Waals surface area contributed by atoms with Crippen molar-refractivity contribution in [1.82, 2.24) is 0 Å². The lowest BCUT2D eigenvalue weighted by atomic mass is 9.99. The molecule has 0 fully saturated rings. The van der Waals surface area contributed by atoms with Gasteiger partial charge in [0.05, 0.1) is 26.2 Å². The summed E-state index contributed by atoms with van der Waals surface area (Å²) in [6.07, 6.45) is 1.58. The van der Waals surface area contributed by atoms with E-state index in [0.717, 1.165) is 0 Å². The maximum absolute atomic E-state index is 11.7. The van der Waals surface area contributed by atoms with Gasteiger partial charge in [0.25, 0.3) is 0 Å². The molecule has 0 atom stereocenters. The first-order valence-corrected chi connectivity index (χ1v) is 5.03. The molecule has 0 aliphatic rings. The summed E-state index contributed by atoms with van der Waals surface area (Å²) >= 11 is 0. The molecule has 0 unspecified atom stereocenters. The Morgan fingerprint density at radius 1 is 1.29 bits per heavy atom. The van der Waals surface area contributed by atoms with E-state index in [9.17, 15) is 9.59 Å². The molecular formula is C13H14O4. The Balaban J connectivity index is 3.23. The maximum atomic E-state index is 11.7. The highest BCUT2D eigenvalue weighted by molar-refractivity contribution is 5.96. The molecular weight excluding hydrogens is 220 g/mol. The summed E-state index contributed by atoms with van der Waals surface area (Å²) in [5.74, 6) is -0.893. The predicted molar refractivity (Wildman–Crippen MR) is 63.6 cm³/mol. The number of hydrogen-bond acceptors (Lipinski definition) is 4. The van der Waals surface area contributed by atoms with Gasteiger partial charge in [-0.15, -0.1) is 0 Å². The van der Waals surface area contributed by atoms with E-state index >= 15 is 0 Å². The summed E-state index contributed by atoms with van der Waals surface area (Å²) in [7, 11) is 2.60. The van der Waals surface area contributed by atoms with Crippen LogP contribution in [-0.2, 0) is 20.7 Å². The molecule has 1 aromatic rings. The van der Waals surface area contributed by atoms with Crippen molar-refractivity contribution < 1.29 is 19.1 Å². The Labute approximate surface area is 99.8 Å². The number of benzene rings is 1. The largest absolute Gasteiger partial charge is 0.469 e. The van der Waals surface area contributed by atoms with E-state index in [1.54, 1.807) is 24.3 Å². The highest BCUT2D eigenvalue weighted by Crippen LogP contribution is 2.18. The van der Waals surface area contributed by atoms with Crippen molar-refractivity contribution in [3.63, 3.8) is 0 Å². The minimum Gasteiger partial charge on any atom is -0.469 e. The van der Waals surface area contributed by atoms with Crippen molar-refractivity contribution in [2.24, 2.45) is 0 Å². The monoisotopic (exact) mass is 234 g/mol. The van der Waals surface area contributed by atoms with Crippen LogP contribution in [0.5, 0.6) is 0 Å². The van der Waals surface area contributed by atoms with Crippen molar-refractivity contribution in [3.05, 3.63) is 41.5 Å². The van der Waals surface area contributed by atoms with Crippen molar-refractivity contribution in [3.8, 4) is 0 Å². The summed E-state index contributed by atoms with van der Waals surface area (Å²) in [5, 5.41) is 0. The highest BCUT2D eigenvalue weighted by Gasteiger charge is 2.17. The van der Waals surface area contributed by atoms with Gasteiger partial charge in [-0.2, -0.15) is 0 Å². The topological polar surface area (TPSA) is 52.6 Å². The SMILES string of the molecule is C=Cc1cccc(CC(=O)OC)c1C(=O)OC. The third-order valence-corrected chi connectivity index (χ3v) is 2.35. The van der Waals surface area contributed by atoms with E-state index in [-0.39, 0.29) is 6.42 Å². The smallest absolute Gasteiger partial charge is 0.338 e. The zero-order valence-electron chi connectivity index (χ0n) is 9.86. The molecule has 90 valence electrons. The van der Waals surface area contributed by atoms with E-state index in [1.807, 2.05) is 0 Å². The van der Waals surface area contributed by atoms with Crippen molar-refractivity contribution >= 4 is 18.0 Å². The fourth-order valence-corrected chi connectivity index (χ4v) is 1.52. The standard InChI is InChI=1S/C13H14O4/c1-4-9-6-5-7-10(8-11(14)16-2)12(9)13(15)17-3/h4-7H,1,8H2,2-3H3. The molecule has 0 saturated heterocycles. The molecule has 0 aromatic heterocycles. The zero-order chi connectivity index (χ0) is 12.8. The van der Waals surface area contributed by atoms with E-state index < -0.39 is 11.9 Å². The number of hydrogen-bond donors (Lipinski definition) is 0. The van der Waals surface area contributed by atoms with Crippen LogP contribution in [-0.4, -0.2) is 26.2 Å². The lowest BCUT2D eigenvalue weighted by Crippen LogP contribution is -2.12. The Hall–Kier alpha value is -2.10. The fourth-order valence-electron chi connectivity index (χ4n) is 1.52. The number of rotatable bonds is 4. The summed E-state index contributed by atoms with van der Waals surface area (Å²) in [4.78, 5) is 22.9. The minimum absolute atomic E-state index is 0.0304. The van der Waals surface area contributed by atoms with Gasteiger partial charge in [0.2, 0.25) is 0 Å². The average Bonchev–Trinajstić information content (AvgIpc) is 2.37. The van der Waals surface area contributed by atoms with Gasteiger partial charge in [0.15, 0.2) is 0 Å². The Morgan fingerprint density at radius 3 is 2.53 bits per heavy atom. The second kappa shape index (κ2) is 5.84. The molecule has 0 bridgehead atoms. The second-order valence-corrected chi connectivity index (χ2v) is 3.33. The Morgan fingerprint density at radius 2 is 2.00 bits per heavy atom. The maximum Gasteiger partial charge on any atom is 0.338 e. The number of carbonyl (C=O) groups is 2. The summed E-state index contributed by atoms with van der Waals surface area (Å²) in [6, 6.07) is 5.18. The van der Waals surface area contributed by atoms with Gasteiger partial charge in [-0.3, -0.25) is 4.79 Å². The molecule has 4 heteroatoms. The van der Waals surface area contributed by atoms with Crippen LogP contribution in [0.2, 0.25) is 0 Å². The Kier molecular flexibility index (Phi) is 4.46.